The van der Waals surface area contributed by atoms with Gasteiger partial charge < -0.3 is 0 Å². The molecule has 1 aromatic carbocycles. The van der Waals surface area contributed by atoms with E-state index in [1.54, 1.807) is 48.0 Å². The quantitative estimate of drug-likeness (QED) is 0.703. The van der Waals surface area contributed by atoms with Gasteiger partial charge in [0.15, 0.2) is 0 Å². The van der Waals surface area contributed by atoms with Gasteiger partial charge in [-0.15, -0.1) is 11.3 Å². The zero-order valence-corrected chi connectivity index (χ0v) is 15.0. The van der Waals surface area contributed by atoms with Crippen LogP contribution in [-0.4, -0.2) is 13.4 Å². The molecule has 3 aromatic rings. The molecular weight excluding hydrogens is 364 g/mol. The Balaban J connectivity index is 1.67. The fourth-order valence-electron chi connectivity index (χ4n) is 2.25. The van der Waals surface area contributed by atoms with Crippen molar-refractivity contribution in [3.05, 3.63) is 76.4 Å². The second kappa shape index (κ2) is 7.44. The highest BCUT2D eigenvalue weighted by Gasteiger charge is 2.12. The maximum absolute atomic E-state index is 12.2. The van der Waals surface area contributed by atoms with Crippen molar-refractivity contribution in [2.75, 3.05) is 0 Å². The summed E-state index contributed by atoms with van der Waals surface area (Å²) in [5, 5.41) is 2.52. The molecule has 0 saturated carbocycles. The number of halogens is 1. The monoisotopic (exact) mass is 378 g/mol. The van der Waals surface area contributed by atoms with Crippen LogP contribution in [0.3, 0.4) is 0 Å². The second-order valence-electron chi connectivity index (χ2n) is 5.27. The molecule has 3 rings (SSSR count). The van der Waals surface area contributed by atoms with E-state index in [9.17, 15) is 8.42 Å². The molecular formula is C17H15ClN2O2S2. The van der Waals surface area contributed by atoms with Gasteiger partial charge in [-0.25, -0.2) is 13.1 Å². The summed E-state index contributed by atoms with van der Waals surface area (Å²) in [6, 6.07) is 12.8. The summed E-state index contributed by atoms with van der Waals surface area (Å²) in [7, 11) is -3.45. The number of hydrogen-bond donors (Lipinski definition) is 1. The van der Waals surface area contributed by atoms with Crippen molar-refractivity contribution in [2.24, 2.45) is 0 Å². The molecule has 1 N–H and O–H groups in total. The third-order valence-corrected chi connectivity index (χ3v) is 5.79. The molecule has 2 aromatic heterocycles. The van der Waals surface area contributed by atoms with Gasteiger partial charge in [0.25, 0.3) is 0 Å². The molecule has 0 unspecified atom stereocenters. The number of sulfonamides is 1. The van der Waals surface area contributed by atoms with Crippen molar-refractivity contribution in [1.82, 2.24) is 9.71 Å². The van der Waals surface area contributed by atoms with Gasteiger partial charge in [0.05, 0.1) is 5.75 Å². The Kier molecular flexibility index (Phi) is 5.30. The predicted molar refractivity (Wildman–Crippen MR) is 98.5 cm³/mol. The normalized spacial score (nSPS) is 11.5. The highest BCUT2D eigenvalue weighted by atomic mass is 35.5. The average molecular weight is 379 g/mol. The van der Waals surface area contributed by atoms with Crippen LogP contribution in [0.4, 0.5) is 0 Å². The van der Waals surface area contributed by atoms with Gasteiger partial charge in [-0.2, -0.15) is 0 Å². The Hall–Kier alpha value is -1.73. The Morgan fingerprint density at radius 2 is 1.96 bits per heavy atom. The number of thiophene rings is 1. The molecule has 0 radical (unpaired) electrons. The van der Waals surface area contributed by atoms with Crippen LogP contribution in [0.2, 0.25) is 5.02 Å². The van der Waals surface area contributed by atoms with Crippen molar-refractivity contribution >= 4 is 33.0 Å². The molecule has 0 saturated heterocycles. The number of hydrogen-bond acceptors (Lipinski definition) is 4. The predicted octanol–water partition coefficient (Wildman–Crippen LogP) is 4.08. The lowest BCUT2D eigenvalue weighted by atomic mass is 10.2. The highest BCUT2D eigenvalue weighted by Crippen LogP contribution is 2.24. The molecule has 0 fully saturated rings. The number of rotatable bonds is 6. The molecule has 0 bridgehead atoms. The lowest BCUT2D eigenvalue weighted by molar-refractivity contribution is 0.580. The lowest BCUT2D eigenvalue weighted by Crippen LogP contribution is -2.24. The van der Waals surface area contributed by atoms with Crippen LogP contribution in [0.5, 0.6) is 0 Å². The molecule has 7 heteroatoms. The maximum atomic E-state index is 12.2. The molecule has 24 heavy (non-hydrogen) atoms. The third-order valence-electron chi connectivity index (χ3n) is 3.34. The largest absolute Gasteiger partial charge is 0.264 e. The van der Waals surface area contributed by atoms with E-state index in [0.29, 0.717) is 10.6 Å². The van der Waals surface area contributed by atoms with Crippen LogP contribution < -0.4 is 4.72 Å². The Morgan fingerprint density at radius 1 is 1.08 bits per heavy atom. The van der Waals surface area contributed by atoms with Crippen molar-refractivity contribution in [2.45, 2.75) is 12.3 Å². The number of nitrogens with one attached hydrogen (secondary N) is 1. The van der Waals surface area contributed by atoms with E-state index in [4.69, 9.17) is 11.6 Å². The average Bonchev–Trinajstić information content (AvgIpc) is 3.07. The zero-order chi connectivity index (χ0) is 17.0. The van der Waals surface area contributed by atoms with Crippen LogP contribution in [0.1, 0.15) is 11.1 Å². The molecule has 0 aliphatic carbocycles. The molecule has 0 aliphatic heterocycles. The minimum absolute atomic E-state index is 0.106. The first-order valence-electron chi connectivity index (χ1n) is 7.21. The summed E-state index contributed by atoms with van der Waals surface area (Å²) in [5.41, 5.74) is 2.45. The SMILES string of the molecule is O=S(=O)(Cc1cccc(Cl)c1)NCc1cncc(-c2cccs2)c1. The van der Waals surface area contributed by atoms with Crippen LogP contribution >= 0.6 is 22.9 Å². The number of pyridine rings is 1. The fraction of sp³-hybridized carbons (Fsp3) is 0.118. The molecule has 0 aliphatic rings. The lowest BCUT2D eigenvalue weighted by Gasteiger charge is -2.08. The highest BCUT2D eigenvalue weighted by molar-refractivity contribution is 7.88. The van der Waals surface area contributed by atoms with Crippen molar-refractivity contribution < 1.29 is 8.42 Å². The summed E-state index contributed by atoms with van der Waals surface area (Å²) in [5.74, 6) is -0.106. The number of benzene rings is 1. The van der Waals surface area contributed by atoms with Gasteiger partial charge in [0.1, 0.15) is 0 Å². The molecule has 0 atom stereocenters. The fourth-order valence-corrected chi connectivity index (χ4v) is 4.28. The summed E-state index contributed by atoms with van der Waals surface area (Å²) >= 11 is 7.51. The van der Waals surface area contributed by atoms with Crippen molar-refractivity contribution in [3.8, 4) is 10.4 Å². The molecule has 4 nitrogen and oxygen atoms in total. The van der Waals surface area contributed by atoms with Gasteiger partial charge in [-0.05, 0) is 40.8 Å². The van der Waals surface area contributed by atoms with E-state index in [-0.39, 0.29) is 12.3 Å². The van der Waals surface area contributed by atoms with E-state index in [0.717, 1.165) is 16.0 Å². The molecule has 2 heterocycles. The van der Waals surface area contributed by atoms with Crippen molar-refractivity contribution in [1.29, 1.82) is 0 Å². The van der Waals surface area contributed by atoms with Gasteiger partial charge in [0.2, 0.25) is 10.0 Å². The van der Waals surface area contributed by atoms with E-state index in [1.165, 1.54) is 0 Å². The zero-order valence-electron chi connectivity index (χ0n) is 12.6. The third kappa shape index (κ3) is 4.64. The summed E-state index contributed by atoms with van der Waals surface area (Å²) in [4.78, 5) is 5.29. The van der Waals surface area contributed by atoms with Crippen LogP contribution in [-0.2, 0) is 22.3 Å². The minimum atomic E-state index is -3.45. The smallest absolute Gasteiger partial charge is 0.216 e. The van der Waals surface area contributed by atoms with Gasteiger partial charge >= 0.3 is 0 Å². The number of aromatic nitrogens is 1. The van der Waals surface area contributed by atoms with Gasteiger partial charge in [-0.1, -0.05) is 29.8 Å². The van der Waals surface area contributed by atoms with Crippen molar-refractivity contribution in [3.63, 3.8) is 0 Å². The minimum Gasteiger partial charge on any atom is -0.264 e. The molecule has 0 amide bonds. The maximum Gasteiger partial charge on any atom is 0.216 e. The Bertz CT molecular complexity index is 925. The van der Waals surface area contributed by atoms with Gasteiger partial charge in [-0.3, -0.25) is 4.98 Å². The van der Waals surface area contributed by atoms with E-state index in [2.05, 4.69) is 9.71 Å². The standard InChI is InChI=1S/C17H15ClN2O2S2/c18-16-4-1-3-13(8-16)12-24(21,22)20-10-14-7-15(11-19-9-14)17-5-2-6-23-17/h1-9,11,20H,10,12H2. The summed E-state index contributed by atoms with van der Waals surface area (Å²) < 4.78 is 27.1. The first-order chi connectivity index (χ1) is 11.5. The molecule has 0 spiro atoms. The van der Waals surface area contributed by atoms with E-state index >= 15 is 0 Å². The Labute approximate surface area is 150 Å². The Morgan fingerprint density at radius 3 is 2.71 bits per heavy atom. The van der Waals surface area contributed by atoms with E-state index < -0.39 is 10.0 Å². The van der Waals surface area contributed by atoms with Crippen LogP contribution in [0.25, 0.3) is 10.4 Å². The number of nitrogens with zero attached hydrogens (tertiary/aromatic N) is 1. The topological polar surface area (TPSA) is 59.1 Å². The summed E-state index contributed by atoms with van der Waals surface area (Å²) in [6.45, 7) is 0.203. The van der Waals surface area contributed by atoms with Gasteiger partial charge in [0, 0.05) is 34.4 Å². The van der Waals surface area contributed by atoms with E-state index in [1.807, 2.05) is 23.6 Å². The molecule has 124 valence electrons. The second-order valence-corrected chi connectivity index (χ2v) is 8.46. The first kappa shape index (κ1) is 17.1. The first-order valence-corrected chi connectivity index (χ1v) is 10.1. The van der Waals surface area contributed by atoms with Crippen LogP contribution in [0.15, 0.2) is 60.2 Å². The van der Waals surface area contributed by atoms with Crippen LogP contribution in [0, 0.1) is 0 Å². The summed E-state index contributed by atoms with van der Waals surface area (Å²) in [6.07, 6.45) is 3.44.